The Morgan fingerprint density at radius 1 is 1.03 bits per heavy atom. The predicted octanol–water partition coefficient (Wildman–Crippen LogP) is 3.99. The highest BCUT2D eigenvalue weighted by atomic mass is 32.1. The fraction of sp³-hybridized carbons (Fsp3) is 0.261. The van der Waals surface area contributed by atoms with Crippen molar-refractivity contribution in [3.63, 3.8) is 0 Å². The summed E-state index contributed by atoms with van der Waals surface area (Å²) in [6, 6.07) is 19.9. The molecule has 3 aromatic rings. The third-order valence-electron chi connectivity index (χ3n) is 5.22. The molecule has 1 amide bonds. The predicted molar refractivity (Wildman–Crippen MR) is 113 cm³/mol. The lowest BCUT2D eigenvalue weighted by Crippen LogP contribution is -2.36. The summed E-state index contributed by atoms with van der Waals surface area (Å²) in [6.45, 7) is 2.06. The minimum atomic E-state index is -1.10. The molecule has 0 saturated carbocycles. The first-order valence-corrected chi connectivity index (χ1v) is 10.4. The van der Waals surface area contributed by atoms with Gasteiger partial charge in [-0.05, 0) is 41.3 Å². The molecule has 4 rings (SSSR count). The van der Waals surface area contributed by atoms with E-state index in [1.165, 1.54) is 22.5 Å². The Hall–Kier alpha value is -2.67. The molecule has 0 bridgehead atoms. The quantitative estimate of drug-likeness (QED) is 0.575. The maximum Gasteiger partial charge on any atom is 0.407 e. The van der Waals surface area contributed by atoms with Gasteiger partial charge in [0.2, 0.25) is 0 Å². The van der Waals surface area contributed by atoms with Crippen molar-refractivity contribution in [1.82, 2.24) is 5.32 Å². The van der Waals surface area contributed by atoms with E-state index in [0.29, 0.717) is 4.88 Å². The monoisotopic (exact) mass is 409 g/mol. The van der Waals surface area contributed by atoms with Crippen LogP contribution in [0.25, 0.3) is 11.1 Å². The molecule has 6 heteroatoms. The fourth-order valence-corrected chi connectivity index (χ4v) is 4.67. The van der Waals surface area contributed by atoms with E-state index >= 15 is 0 Å². The molecule has 0 fully saturated rings. The first-order chi connectivity index (χ1) is 14.0. The van der Waals surface area contributed by atoms with Crippen LogP contribution in [0, 0.1) is 6.92 Å². The Kier molecular flexibility index (Phi) is 5.67. The molecule has 2 unspecified atom stereocenters. The summed E-state index contributed by atoms with van der Waals surface area (Å²) in [5.41, 5.74) is 4.62. The molecular weight excluding hydrogens is 386 g/mol. The molecule has 1 aliphatic carbocycles. The van der Waals surface area contributed by atoms with E-state index in [1.54, 1.807) is 6.07 Å². The standard InChI is InChI=1S/C23H23NO4S/c1-14-10-11-21(29-14)22(26)20(25)12-24-23(27)28-13-19-17-8-4-2-6-15(17)16-7-3-5-9-18(16)19/h2-11,19-20,22,25-26H,12-13H2,1H3,(H,24,27). The molecule has 3 N–H and O–H groups in total. The summed E-state index contributed by atoms with van der Waals surface area (Å²) in [5.74, 6) is -0.0160. The average molecular weight is 410 g/mol. The topological polar surface area (TPSA) is 78.8 Å². The fourth-order valence-electron chi connectivity index (χ4n) is 3.75. The van der Waals surface area contributed by atoms with Crippen LogP contribution >= 0.6 is 11.3 Å². The number of aliphatic hydroxyl groups excluding tert-OH is 2. The smallest absolute Gasteiger partial charge is 0.407 e. The first kappa shape index (κ1) is 19.6. The summed E-state index contributed by atoms with van der Waals surface area (Å²) < 4.78 is 5.44. The van der Waals surface area contributed by atoms with Gasteiger partial charge in [0, 0.05) is 22.2 Å². The van der Waals surface area contributed by atoms with Gasteiger partial charge in [0.25, 0.3) is 0 Å². The van der Waals surface area contributed by atoms with Crippen molar-refractivity contribution in [3.05, 3.63) is 81.5 Å². The molecule has 0 spiro atoms. The van der Waals surface area contributed by atoms with Gasteiger partial charge in [0.1, 0.15) is 18.8 Å². The number of amides is 1. The molecule has 1 heterocycles. The van der Waals surface area contributed by atoms with Gasteiger partial charge >= 0.3 is 6.09 Å². The number of fused-ring (bicyclic) bond motifs is 3. The van der Waals surface area contributed by atoms with E-state index in [4.69, 9.17) is 4.74 Å². The number of benzene rings is 2. The van der Waals surface area contributed by atoms with Crippen LogP contribution in [0.15, 0.2) is 60.7 Å². The lowest BCUT2D eigenvalue weighted by Gasteiger charge is -2.18. The highest BCUT2D eigenvalue weighted by molar-refractivity contribution is 7.12. The first-order valence-electron chi connectivity index (χ1n) is 9.56. The number of nitrogens with one attached hydrogen (secondary N) is 1. The molecule has 5 nitrogen and oxygen atoms in total. The Morgan fingerprint density at radius 3 is 2.24 bits per heavy atom. The van der Waals surface area contributed by atoms with Gasteiger partial charge in [-0.3, -0.25) is 0 Å². The number of rotatable bonds is 6. The van der Waals surface area contributed by atoms with Crippen LogP contribution in [0.1, 0.15) is 32.9 Å². The van der Waals surface area contributed by atoms with E-state index in [-0.39, 0.29) is 19.1 Å². The third-order valence-corrected chi connectivity index (χ3v) is 6.29. The van der Waals surface area contributed by atoms with Crippen molar-refractivity contribution in [2.45, 2.75) is 25.0 Å². The molecule has 0 aliphatic heterocycles. The molecule has 2 atom stereocenters. The van der Waals surface area contributed by atoms with Crippen molar-refractivity contribution in [1.29, 1.82) is 0 Å². The Labute approximate surface area is 173 Å². The summed E-state index contributed by atoms with van der Waals surface area (Å²) in [5, 5.41) is 22.9. The van der Waals surface area contributed by atoms with Gasteiger partial charge in [-0.15, -0.1) is 11.3 Å². The summed E-state index contributed by atoms with van der Waals surface area (Å²) in [7, 11) is 0. The van der Waals surface area contributed by atoms with E-state index in [0.717, 1.165) is 16.0 Å². The number of carbonyl (C=O) groups is 1. The number of ether oxygens (including phenoxy) is 1. The number of hydrogen-bond donors (Lipinski definition) is 3. The van der Waals surface area contributed by atoms with E-state index in [9.17, 15) is 15.0 Å². The average Bonchev–Trinajstić information content (AvgIpc) is 3.31. The molecule has 0 saturated heterocycles. The molecule has 1 aliphatic rings. The van der Waals surface area contributed by atoms with Gasteiger partial charge in [-0.25, -0.2) is 4.79 Å². The van der Waals surface area contributed by atoms with E-state index in [1.807, 2.05) is 37.3 Å². The van der Waals surface area contributed by atoms with Crippen LogP contribution in [-0.2, 0) is 4.74 Å². The molecule has 2 aromatic carbocycles. The second kappa shape index (κ2) is 8.37. The number of aliphatic hydroxyl groups is 2. The maximum absolute atomic E-state index is 12.2. The van der Waals surface area contributed by atoms with Crippen LogP contribution in [0.5, 0.6) is 0 Å². The van der Waals surface area contributed by atoms with Gasteiger partial charge in [0.15, 0.2) is 0 Å². The van der Waals surface area contributed by atoms with Crippen LogP contribution in [-0.4, -0.2) is 35.6 Å². The summed E-state index contributed by atoms with van der Waals surface area (Å²) in [4.78, 5) is 13.9. The minimum absolute atomic E-state index is 0.0160. The normalized spacial score (nSPS) is 14.7. The van der Waals surface area contributed by atoms with Gasteiger partial charge in [-0.2, -0.15) is 0 Å². The molecule has 29 heavy (non-hydrogen) atoms. The molecule has 0 radical (unpaired) electrons. The number of aryl methyl sites for hydroxylation is 1. The number of alkyl carbamates (subject to hydrolysis) is 1. The second-order valence-electron chi connectivity index (χ2n) is 7.17. The molecule has 1 aromatic heterocycles. The number of thiophene rings is 1. The number of carbonyl (C=O) groups excluding carboxylic acids is 1. The van der Waals surface area contributed by atoms with Crippen molar-refractivity contribution < 1.29 is 19.7 Å². The zero-order chi connectivity index (χ0) is 20.4. The minimum Gasteiger partial charge on any atom is -0.449 e. The Balaban J connectivity index is 1.34. The van der Waals surface area contributed by atoms with Crippen LogP contribution in [0.3, 0.4) is 0 Å². The zero-order valence-electron chi connectivity index (χ0n) is 16.0. The highest BCUT2D eigenvalue weighted by Crippen LogP contribution is 2.44. The van der Waals surface area contributed by atoms with Crippen molar-refractivity contribution >= 4 is 17.4 Å². The van der Waals surface area contributed by atoms with Gasteiger partial charge in [-0.1, -0.05) is 48.5 Å². The highest BCUT2D eigenvalue weighted by Gasteiger charge is 2.29. The van der Waals surface area contributed by atoms with Gasteiger partial charge in [0.05, 0.1) is 0 Å². The zero-order valence-corrected chi connectivity index (χ0v) is 16.9. The van der Waals surface area contributed by atoms with Crippen molar-refractivity contribution in [3.8, 4) is 11.1 Å². The molecular formula is C23H23NO4S. The third kappa shape index (κ3) is 4.05. The van der Waals surface area contributed by atoms with E-state index < -0.39 is 18.3 Å². The maximum atomic E-state index is 12.2. The van der Waals surface area contributed by atoms with Crippen molar-refractivity contribution in [2.75, 3.05) is 13.2 Å². The van der Waals surface area contributed by atoms with E-state index in [2.05, 4.69) is 29.6 Å². The summed E-state index contributed by atoms with van der Waals surface area (Å²) >= 11 is 1.42. The van der Waals surface area contributed by atoms with Crippen LogP contribution in [0.2, 0.25) is 0 Å². The molecule has 150 valence electrons. The second-order valence-corrected chi connectivity index (χ2v) is 8.49. The number of hydrogen-bond acceptors (Lipinski definition) is 5. The summed E-state index contributed by atoms with van der Waals surface area (Å²) in [6.07, 6.45) is -2.75. The van der Waals surface area contributed by atoms with Crippen LogP contribution in [0.4, 0.5) is 4.79 Å². The van der Waals surface area contributed by atoms with Crippen LogP contribution < -0.4 is 5.32 Å². The lowest BCUT2D eigenvalue weighted by atomic mass is 9.98. The lowest BCUT2D eigenvalue weighted by molar-refractivity contribution is 0.0206. The van der Waals surface area contributed by atoms with Crippen molar-refractivity contribution in [2.24, 2.45) is 0 Å². The largest absolute Gasteiger partial charge is 0.449 e. The Morgan fingerprint density at radius 2 is 1.66 bits per heavy atom. The SMILES string of the molecule is Cc1ccc(C(O)C(O)CNC(=O)OCC2c3ccccc3-c3ccccc32)s1. The Bertz CT molecular complexity index is 970. The van der Waals surface area contributed by atoms with Gasteiger partial charge < -0.3 is 20.3 Å².